The number of hydrogen-bond donors (Lipinski definition) is 1. The Morgan fingerprint density at radius 3 is 2.30 bits per heavy atom. The average Bonchev–Trinajstić information content (AvgIpc) is 2.38. The highest BCUT2D eigenvalue weighted by atomic mass is 32.2. The maximum Gasteiger partial charge on any atom is 0.243 e. The number of nitrogens with two attached hydrogens (primary N) is 1. The highest BCUT2D eigenvalue weighted by Crippen LogP contribution is 2.22. The largest absolute Gasteiger partial charge is 0.324 e. The van der Waals surface area contributed by atoms with Crippen molar-refractivity contribution < 1.29 is 8.42 Å². The summed E-state index contributed by atoms with van der Waals surface area (Å²) in [6.45, 7) is 3.12. The Hall–Kier alpha value is -0.910. The van der Waals surface area contributed by atoms with Crippen molar-refractivity contribution in [3.05, 3.63) is 29.8 Å². The molecule has 1 saturated heterocycles. The molecule has 4 nitrogen and oxygen atoms in total. The molecular formula is C15H24N2O2S. The lowest BCUT2D eigenvalue weighted by atomic mass is 10.1. The van der Waals surface area contributed by atoms with Crippen LogP contribution in [0.5, 0.6) is 0 Å². The zero-order chi connectivity index (χ0) is 14.6. The van der Waals surface area contributed by atoms with Crippen LogP contribution in [0, 0.1) is 0 Å². The molecule has 1 aliphatic rings. The van der Waals surface area contributed by atoms with E-state index in [1.54, 1.807) is 22.5 Å². The summed E-state index contributed by atoms with van der Waals surface area (Å²) in [5.41, 5.74) is 6.70. The highest BCUT2D eigenvalue weighted by molar-refractivity contribution is 7.89. The third-order valence-corrected chi connectivity index (χ3v) is 5.73. The molecule has 1 fully saturated rings. The summed E-state index contributed by atoms with van der Waals surface area (Å²) < 4.78 is 27.1. The van der Waals surface area contributed by atoms with Crippen LogP contribution in [0.2, 0.25) is 0 Å². The fourth-order valence-corrected chi connectivity index (χ4v) is 4.14. The minimum Gasteiger partial charge on any atom is -0.324 e. The molecule has 5 heteroatoms. The first-order chi connectivity index (χ1) is 9.51. The van der Waals surface area contributed by atoms with Gasteiger partial charge >= 0.3 is 0 Å². The monoisotopic (exact) mass is 296 g/mol. The summed E-state index contributed by atoms with van der Waals surface area (Å²) >= 11 is 0. The van der Waals surface area contributed by atoms with Crippen molar-refractivity contribution in [2.45, 2.75) is 50.0 Å². The van der Waals surface area contributed by atoms with Gasteiger partial charge in [0.25, 0.3) is 0 Å². The predicted molar refractivity (Wildman–Crippen MR) is 80.9 cm³/mol. The Labute approximate surface area is 122 Å². The van der Waals surface area contributed by atoms with Gasteiger partial charge in [0.1, 0.15) is 0 Å². The third-order valence-electron chi connectivity index (χ3n) is 3.84. The third kappa shape index (κ3) is 3.59. The molecule has 0 bridgehead atoms. The van der Waals surface area contributed by atoms with Crippen LogP contribution in [0.25, 0.3) is 0 Å². The molecule has 0 saturated carbocycles. The second-order valence-corrected chi connectivity index (χ2v) is 7.47. The van der Waals surface area contributed by atoms with Crippen molar-refractivity contribution in [2.75, 3.05) is 13.1 Å². The molecule has 0 amide bonds. The van der Waals surface area contributed by atoms with Crippen LogP contribution in [0.15, 0.2) is 29.2 Å². The summed E-state index contributed by atoms with van der Waals surface area (Å²) in [6.07, 6.45) is 5.35. The van der Waals surface area contributed by atoms with E-state index in [9.17, 15) is 8.42 Å². The Bertz CT molecular complexity index is 533. The Morgan fingerprint density at radius 2 is 1.70 bits per heavy atom. The lowest BCUT2D eigenvalue weighted by molar-refractivity contribution is 0.364. The van der Waals surface area contributed by atoms with E-state index in [1.165, 1.54) is 6.42 Å². The van der Waals surface area contributed by atoms with Crippen LogP contribution in [0.3, 0.4) is 0 Å². The van der Waals surface area contributed by atoms with E-state index in [4.69, 9.17) is 5.73 Å². The van der Waals surface area contributed by atoms with Gasteiger partial charge in [0.05, 0.1) is 4.90 Å². The van der Waals surface area contributed by atoms with Crippen molar-refractivity contribution in [3.63, 3.8) is 0 Å². The molecule has 0 aromatic heterocycles. The topological polar surface area (TPSA) is 63.4 Å². The standard InChI is InChI=1S/C15H24N2O2S/c1-13(16)14-8-7-9-15(12-14)20(18,19)17-10-5-3-2-4-6-11-17/h7-9,12-13H,2-6,10-11,16H2,1H3. The molecule has 1 atom stereocenters. The first-order valence-corrected chi connectivity index (χ1v) is 8.81. The normalized spacial score (nSPS) is 20.1. The second-order valence-electron chi connectivity index (χ2n) is 5.53. The molecule has 0 aliphatic carbocycles. The minimum atomic E-state index is -3.38. The number of benzene rings is 1. The smallest absolute Gasteiger partial charge is 0.243 e. The molecule has 2 N–H and O–H groups in total. The molecule has 1 aromatic carbocycles. The Morgan fingerprint density at radius 1 is 1.10 bits per heavy atom. The van der Waals surface area contributed by atoms with Gasteiger partial charge in [0.2, 0.25) is 10.0 Å². The molecule has 2 rings (SSSR count). The van der Waals surface area contributed by atoms with Crippen LogP contribution in [-0.2, 0) is 10.0 Å². The maximum absolute atomic E-state index is 12.7. The quantitative estimate of drug-likeness (QED) is 0.932. The van der Waals surface area contributed by atoms with E-state index < -0.39 is 10.0 Å². The van der Waals surface area contributed by atoms with Crippen molar-refractivity contribution in [3.8, 4) is 0 Å². The lowest BCUT2D eigenvalue weighted by Crippen LogP contribution is -2.33. The van der Waals surface area contributed by atoms with Gasteiger partial charge in [-0.05, 0) is 37.5 Å². The van der Waals surface area contributed by atoms with Crippen molar-refractivity contribution in [1.29, 1.82) is 0 Å². The lowest BCUT2D eigenvalue weighted by Gasteiger charge is -2.24. The zero-order valence-electron chi connectivity index (χ0n) is 12.1. The summed E-state index contributed by atoms with van der Waals surface area (Å²) in [4.78, 5) is 0.368. The van der Waals surface area contributed by atoms with E-state index >= 15 is 0 Å². The van der Waals surface area contributed by atoms with Crippen LogP contribution in [-0.4, -0.2) is 25.8 Å². The van der Waals surface area contributed by atoms with Crippen molar-refractivity contribution in [1.82, 2.24) is 4.31 Å². The second kappa shape index (κ2) is 6.70. The van der Waals surface area contributed by atoms with Crippen LogP contribution in [0.1, 0.15) is 50.6 Å². The summed E-state index contributed by atoms with van der Waals surface area (Å²) in [7, 11) is -3.38. The van der Waals surface area contributed by atoms with Crippen LogP contribution >= 0.6 is 0 Å². The van der Waals surface area contributed by atoms with Gasteiger partial charge < -0.3 is 5.73 Å². The summed E-state index contributed by atoms with van der Waals surface area (Å²) in [5.74, 6) is 0. The average molecular weight is 296 g/mol. The highest BCUT2D eigenvalue weighted by Gasteiger charge is 2.24. The van der Waals surface area contributed by atoms with E-state index in [1.807, 2.05) is 13.0 Å². The molecular weight excluding hydrogens is 272 g/mol. The fraction of sp³-hybridized carbons (Fsp3) is 0.600. The molecule has 0 radical (unpaired) electrons. The first-order valence-electron chi connectivity index (χ1n) is 7.37. The van der Waals surface area contributed by atoms with Gasteiger partial charge in [-0.1, -0.05) is 31.4 Å². The minimum absolute atomic E-state index is 0.155. The Balaban J connectivity index is 2.26. The number of sulfonamides is 1. The van der Waals surface area contributed by atoms with Gasteiger partial charge in [-0.15, -0.1) is 0 Å². The zero-order valence-corrected chi connectivity index (χ0v) is 12.9. The molecule has 1 aromatic rings. The Kier molecular flexibility index (Phi) is 5.18. The van der Waals surface area contributed by atoms with Crippen molar-refractivity contribution >= 4 is 10.0 Å². The van der Waals surface area contributed by atoms with E-state index in [0.717, 1.165) is 31.2 Å². The van der Waals surface area contributed by atoms with E-state index in [-0.39, 0.29) is 6.04 Å². The molecule has 112 valence electrons. The maximum atomic E-state index is 12.7. The number of hydrogen-bond acceptors (Lipinski definition) is 3. The van der Waals surface area contributed by atoms with Gasteiger partial charge in [-0.3, -0.25) is 0 Å². The van der Waals surface area contributed by atoms with Crippen LogP contribution in [0.4, 0.5) is 0 Å². The molecule has 1 aliphatic heterocycles. The fourth-order valence-electron chi connectivity index (χ4n) is 2.57. The summed E-state index contributed by atoms with van der Waals surface area (Å²) in [6, 6.07) is 6.86. The van der Waals surface area contributed by atoms with E-state index in [2.05, 4.69) is 0 Å². The SMILES string of the molecule is CC(N)c1cccc(S(=O)(=O)N2CCCCCCC2)c1. The summed E-state index contributed by atoms with van der Waals surface area (Å²) in [5, 5.41) is 0. The van der Waals surface area contributed by atoms with Crippen LogP contribution < -0.4 is 5.73 Å². The van der Waals surface area contributed by atoms with E-state index in [0.29, 0.717) is 18.0 Å². The molecule has 1 heterocycles. The predicted octanol–water partition coefficient (Wildman–Crippen LogP) is 2.66. The van der Waals surface area contributed by atoms with Gasteiger partial charge in [-0.25, -0.2) is 8.42 Å². The molecule has 0 spiro atoms. The molecule has 1 unspecified atom stereocenters. The van der Waals surface area contributed by atoms with Gasteiger partial charge in [0, 0.05) is 19.1 Å². The number of rotatable bonds is 3. The van der Waals surface area contributed by atoms with Gasteiger partial charge in [-0.2, -0.15) is 4.31 Å². The first kappa shape index (κ1) is 15.5. The number of nitrogens with zero attached hydrogens (tertiary/aromatic N) is 1. The van der Waals surface area contributed by atoms with Gasteiger partial charge in [0.15, 0.2) is 0 Å². The van der Waals surface area contributed by atoms with Crippen molar-refractivity contribution in [2.24, 2.45) is 5.73 Å². The molecule has 20 heavy (non-hydrogen) atoms.